The van der Waals surface area contributed by atoms with Crippen LogP contribution in [-0.4, -0.2) is 13.0 Å². The zero-order chi connectivity index (χ0) is 9.30. The van der Waals surface area contributed by atoms with Crippen LogP contribution in [0.1, 0.15) is 5.56 Å². The van der Waals surface area contributed by atoms with Gasteiger partial charge in [-0.25, -0.2) is 13.2 Å². The Morgan fingerprint density at radius 2 is 1.83 bits per heavy atom. The molecule has 0 bridgehead atoms. The van der Waals surface area contributed by atoms with E-state index in [1.165, 1.54) is 0 Å². The van der Waals surface area contributed by atoms with E-state index in [1.54, 1.807) is 0 Å². The second-order valence-corrected chi connectivity index (χ2v) is 2.22. The molecule has 0 spiro atoms. The highest BCUT2D eigenvalue weighted by Gasteiger charge is 2.13. The molecule has 1 N–H and O–H groups in total. The molecule has 0 aliphatic carbocycles. The zero-order valence-corrected chi connectivity index (χ0v) is 5.94. The second-order valence-electron chi connectivity index (χ2n) is 2.22. The topological polar surface area (TPSA) is 20.2 Å². The predicted molar refractivity (Wildman–Crippen MR) is 37.6 cm³/mol. The number of halogens is 3. The molecule has 0 heterocycles. The highest BCUT2D eigenvalue weighted by Crippen LogP contribution is 2.10. The Labute approximate surface area is 68.2 Å². The van der Waals surface area contributed by atoms with Crippen LogP contribution in [-0.2, 0) is 6.61 Å². The van der Waals surface area contributed by atoms with Crippen molar-refractivity contribution in [2.24, 2.45) is 0 Å². The maximum absolute atomic E-state index is 12.6. The van der Waals surface area contributed by atoms with Crippen molar-refractivity contribution in [2.45, 2.75) is 6.61 Å². The summed E-state index contributed by atoms with van der Waals surface area (Å²) in [5.74, 6) is -4.44. The van der Waals surface area contributed by atoms with E-state index in [0.717, 1.165) is 0 Å². The van der Waals surface area contributed by atoms with Crippen LogP contribution in [0.4, 0.5) is 13.2 Å². The minimum absolute atomic E-state index is 0.161. The average molecular weight is 172 g/mol. The van der Waals surface area contributed by atoms with Gasteiger partial charge < -0.3 is 5.11 Å². The molecule has 5 heteroatoms. The third-order valence-electron chi connectivity index (χ3n) is 1.46. The number of aliphatic hydroxyl groups is 1. The molecule has 1 aromatic carbocycles. The molecule has 0 aliphatic rings. The lowest BCUT2D eigenvalue weighted by Gasteiger charge is -2.05. The van der Waals surface area contributed by atoms with Crippen molar-refractivity contribution in [2.75, 3.05) is 0 Å². The van der Waals surface area contributed by atoms with Crippen molar-refractivity contribution in [1.29, 1.82) is 0 Å². The van der Waals surface area contributed by atoms with Crippen molar-refractivity contribution in [3.05, 3.63) is 29.1 Å². The maximum Gasteiger partial charge on any atom is 0.193 e. The molecule has 0 aromatic heterocycles. The molecule has 0 aliphatic heterocycles. The summed E-state index contributed by atoms with van der Waals surface area (Å²) in [4.78, 5) is 0. The first-order valence-corrected chi connectivity index (χ1v) is 3.10. The summed E-state index contributed by atoms with van der Waals surface area (Å²) in [5, 5.41) is 8.52. The van der Waals surface area contributed by atoms with Crippen LogP contribution in [0.25, 0.3) is 0 Å². The van der Waals surface area contributed by atoms with Crippen LogP contribution in [0.3, 0.4) is 0 Å². The van der Waals surface area contributed by atoms with E-state index in [1.807, 2.05) is 0 Å². The first-order chi connectivity index (χ1) is 5.57. The van der Waals surface area contributed by atoms with Gasteiger partial charge in [-0.05, 0) is 11.6 Å². The number of hydrogen-bond donors (Lipinski definition) is 1. The Kier molecular flexibility index (Phi) is 2.42. The van der Waals surface area contributed by atoms with Gasteiger partial charge in [-0.2, -0.15) is 0 Å². The smallest absolute Gasteiger partial charge is 0.193 e. The van der Waals surface area contributed by atoms with Gasteiger partial charge >= 0.3 is 0 Å². The fourth-order valence-electron chi connectivity index (χ4n) is 0.789. The van der Waals surface area contributed by atoms with Gasteiger partial charge in [0.1, 0.15) is 7.85 Å². The van der Waals surface area contributed by atoms with Crippen molar-refractivity contribution in [3.63, 3.8) is 0 Å². The standard InChI is InChI=1S/C7H4BF3O/c8-5-3(2-12)1-4(9)6(10)7(5)11/h1,12H,2H2. The number of hydrogen-bond acceptors (Lipinski definition) is 1. The van der Waals surface area contributed by atoms with E-state index < -0.39 is 29.5 Å². The molecular formula is C7H4BF3O. The molecule has 62 valence electrons. The second kappa shape index (κ2) is 3.19. The van der Waals surface area contributed by atoms with Crippen LogP contribution in [0.2, 0.25) is 0 Å². The van der Waals surface area contributed by atoms with Crippen molar-refractivity contribution in [3.8, 4) is 0 Å². The van der Waals surface area contributed by atoms with Crippen LogP contribution >= 0.6 is 0 Å². The van der Waals surface area contributed by atoms with Gasteiger partial charge in [0.15, 0.2) is 17.5 Å². The minimum Gasteiger partial charge on any atom is -0.392 e. The molecule has 1 nitrogen and oxygen atoms in total. The Morgan fingerprint density at radius 3 is 2.33 bits per heavy atom. The lowest BCUT2D eigenvalue weighted by Crippen LogP contribution is -2.18. The summed E-state index contributed by atoms with van der Waals surface area (Å²) >= 11 is 0. The fourth-order valence-corrected chi connectivity index (χ4v) is 0.789. The van der Waals surface area contributed by atoms with E-state index in [0.29, 0.717) is 6.07 Å². The highest BCUT2D eigenvalue weighted by atomic mass is 19.2. The first-order valence-electron chi connectivity index (χ1n) is 3.10. The Morgan fingerprint density at radius 1 is 1.25 bits per heavy atom. The van der Waals surface area contributed by atoms with Crippen LogP contribution < -0.4 is 5.46 Å². The molecule has 2 radical (unpaired) electrons. The van der Waals surface area contributed by atoms with Gasteiger partial charge in [0.05, 0.1) is 6.61 Å². The summed E-state index contributed by atoms with van der Waals surface area (Å²) in [5.41, 5.74) is -0.720. The van der Waals surface area contributed by atoms with E-state index >= 15 is 0 Å². The molecule has 0 saturated carbocycles. The summed E-state index contributed by atoms with van der Waals surface area (Å²) in [6.45, 7) is -0.625. The largest absolute Gasteiger partial charge is 0.392 e. The number of rotatable bonds is 1. The summed E-state index contributed by atoms with van der Waals surface area (Å²) in [6.07, 6.45) is 0. The quantitative estimate of drug-likeness (QED) is 0.479. The molecule has 0 fully saturated rings. The van der Waals surface area contributed by atoms with Gasteiger partial charge in [-0.1, -0.05) is 5.46 Å². The van der Waals surface area contributed by atoms with E-state index in [9.17, 15) is 13.2 Å². The fraction of sp³-hybridized carbons (Fsp3) is 0.143. The van der Waals surface area contributed by atoms with Gasteiger partial charge in [0.2, 0.25) is 0 Å². The Balaban J connectivity index is 3.39. The van der Waals surface area contributed by atoms with Crippen LogP contribution in [0.15, 0.2) is 6.07 Å². The Bertz CT molecular complexity index is 314. The highest BCUT2D eigenvalue weighted by molar-refractivity contribution is 6.33. The first kappa shape index (κ1) is 9.13. The molecule has 1 aromatic rings. The van der Waals surface area contributed by atoms with E-state index in [-0.39, 0.29) is 5.56 Å². The molecule has 0 saturated heterocycles. The normalized spacial score (nSPS) is 10.3. The minimum atomic E-state index is -1.62. The van der Waals surface area contributed by atoms with Gasteiger partial charge in [0, 0.05) is 0 Å². The number of aliphatic hydroxyl groups excluding tert-OH is 1. The van der Waals surface area contributed by atoms with Gasteiger partial charge in [-0.3, -0.25) is 0 Å². The third kappa shape index (κ3) is 1.32. The molecule has 0 unspecified atom stereocenters. The van der Waals surface area contributed by atoms with Crippen molar-refractivity contribution in [1.82, 2.24) is 0 Å². The monoisotopic (exact) mass is 172 g/mol. The Hall–Kier alpha value is -0.965. The number of benzene rings is 1. The summed E-state index contributed by atoms with van der Waals surface area (Å²) in [7, 11) is 5.02. The lowest BCUT2D eigenvalue weighted by molar-refractivity contribution is 0.281. The SMILES string of the molecule is [B]c1c(CO)cc(F)c(F)c1F. The summed E-state index contributed by atoms with van der Waals surface area (Å²) in [6, 6.07) is 0.660. The van der Waals surface area contributed by atoms with Crippen LogP contribution in [0, 0.1) is 17.5 Å². The van der Waals surface area contributed by atoms with E-state index in [4.69, 9.17) is 13.0 Å². The van der Waals surface area contributed by atoms with Crippen molar-refractivity contribution >= 4 is 13.3 Å². The maximum atomic E-state index is 12.6. The summed E-state index contributed by atoms with van der Waals surface area (Å²) < 4.78 is 37.4. The van der Waals surface area contributed by atoms with Gasteiger partial charge in [0.25, 0.3) is 0 Å². The zero-order valence-electron chi connectivity index (χ0n) is 5.94. The van der Waals surface area contributed by atoms with Crippen LogP contribution in [0.5, 0.6) is 0 Å². The lowest BCUT2D eigenvalue weighted by atomic mass is 9.90. The molecule has 0 amide bonds. The van der Waals surface area contributed by atoms with Gasteiger partial charge in [-0.15, -0.1) is 0 Å². The average Bonchev–Trinajstić information content (AvgIpc) is 2.08. The van der Waals surface area contributed by atoms with E-state index in [2.05, 4.69) is 0 Å². The molecular weight excluding hydrogens is 168 g/mol. The van der Waals surface area contributed by atoms with Crippen molar-refractivity contribution < 1.29 is 18.3 Å². The third-order valence-corrected chi connectivity index (χ3v) is 1.46. The molecule has 0 atom stereocenters. The molecule has 12 heavy (non-hydrogen) atoms. The molecule has 1 rings (SSSR count). The predicted octanol–water partition coefficient (Wildman–Crippen LogP) is 0.390.